The third kappa shape index (κ3) is 4.47. The van der Waals surface area contributed by atoms with Crippen molar-refractivity contribution >= 4 is 11.6 Å². The van der Waals surface area contributed by atoms with E-state index in [1.54, 1.807) is 6.07 Å². The third-order valence-electron chi connectivity index (χ3n) is 5.97. The topological polar surface area (TPSA) is 64.6 Å². The van der Waals surface area contributed by atoms with Gasteiger partial charge in [0.25, 0.3) is 0 Å². The second kappa shape index (κ2) is 9.54. The number of nitrogens with one attached hydrogen (secondary N) is 1. The van der Waals surface area contributed by atoms with E-state index in [-0.39, 0.29) is 23.6 Å². The van der Waals surface area contributed by atoms with Gasteiger partial charge in [0.1, 0.15) is 5.75 Å². The van der Waals surface area contributed by atoms with Crippen LogP contribution in [-0.2, 0) is 4.74 Å². The molecule has 4 rings (SSSR count). The first-order valence-corrected chi connectivity index (χ1v) is 10.9. The van der Waals surface area contributed by atoms with Crippen LogP contribution in [-0.4, -0.2) is 44.0 Å². The van der Waals surface area contributed by atoms with Crippen LogP contribution in [0, 0.1) is 0 Å². The van der Waals surface area contributed by atoms with Gasteiger partial charge in [0.15, 0.2) is 11.6 Å². The Morgan fingerprint density at radius 3 is 2.70 bits per heavy atom. The van der Waals surface area contributed by atoms with Crippen LogP contribution in [0.4, 0.5) is 0 Å². The summed E-state index contributed by atoms with van der Waals surface area (Å²) in [5, 5.41) is 3.32. The second-order valence-electron chi connectivity index (χ2n) is 8.01. The minimum atomic E-state index is 0.0105. The number of benzene rings is 2. The Labute approximate surface area is 177 Å². The molecule has 0 saturated carbocycles. The lowest BCUT2D eigenvalue weighted by atomic mass is 9.88. The molecular weight excluding hydrogens is 378 g/mol. The molecular formula is C25H29NO4. The molecule has 2 aromatic rings. The van der Waals surface area contributed by atoms with E-state index in [9.17, 15) is 9.59 Å². The molecule has 1 fully saturated rings. The molecule has 0 bridgehead atoms. The average molecular weight is 408 g/mol. The molecule has 0 spiro atoms. The average Bonchev–Trinajstić information content (AvgIpc) is 3.23. The molecule has 30 heavy (non-hydrogen) atoms. The summed E-state index contributed by atoms with van der Waals surface area (Å²) in [5.41, 5.74) is 3.23. The zero-order valence-electron chi connectivity index (χ0n) is 17.5. The number of Topliss-reactive ketones (excluding diaryl/α,β-unsaturated/α-hetero) is 2. The number of carbonyl (C=O) groups is 2. The van der Waals surface area contributed by atoms with Crippen molar-refractivity contribution in [3.63, 3.8) is 0 Å². The maximum Gasteiger partial charge on any atom is 0.166 e. The van der Waals surface area contributed by atoms with E-state index in [1.807, 2.05) is 31.2 Å². The van der Waals surface area contributed by atoms with E-state index in [0.29, 0.717) is 36.3 Å². The summed E-state index contributed by atoms with van der Waals surface area (Å²) in [4.78, 5) is 25.6. The zero-order valence-corrected chi connectivity index (χ0v) is 17.5. The van der Waals surface area contributed by atoms with Gasteiger partial charge < -0.3 is 14.8 Å². The normalized spacial score (nSPS) is 20.4. The maximum atomic E-state index is 13.0. The van der Waals surface area contributed by atoms with Crippen molar-refractivity contribution in [2.24, 2.45) is 0 Å². The molecule has 2 aliphatic heterocycles. The minimum Gasteiger partial charge on any atom is -0.492 e. The summed E-state index contributed by atoms with van der Waals surface area (Å²) in [6.45, 7) is 4.80. The molecule has 5 nitrogen and oxygen atoms in total. The number of hydrogen-bond donors (Lipinski definition) is 1. The molecule has 0 aliphatic carbocycles. The maximum absolute atomic E-state index is 13.0. The molecule has 2 aliphatic rings. The monoisotopic (exact) mass is 407 g/mol. The second-order valence-corrected chi connectivity index (χ2v) is 8.01. The van der Waals surface area contributed by atoms with Crippen molar-refractivity contribution in [1.29, 1.82) is 0 Å². The number of fused-ring (bicyclic) bond motifs is 1. The number of carbonyl (C=O) groups excluding carboxylic acids is 2. The first-order valence-electron chi connectivity index (χ1n) is 10.9. The van der Waals surface area contributed by atoms with E-state index in [1.165, 1.54) is 0 Å². The minimum absolute atomic E-state index is 0.0105. The van der Waals surface area contributed by atoms with Crippen LogP contribution in [0.5, 0.6) is 5.75 Å². The SMILES string of the molecule is CCC(=O)c1cc(C(=O)CCC[C@@H]2CNCCO2)cc2c1OCC2c1ccccc1. The molecule has 0 aromatic heterocycles. The van der Waals surface area contributed by atoms with Crippen molar-refractivity contribution in [3.8, 4) is 5.75 Å². The number of rotatable bonds is 8. The lowest BCUT2D eigenvalue weighted by Gasteiger charge is -2.23. The Hall–Kier alpha value is -2.50. The Bertz CT molecular complexity index is 903. The van der Waals surface area contributed by atoms with Crippen LogP contribution in [0.2, 0.25) is 0 Å². The highest BCUT2D eigenvalue weighted by atomic mass is 16.5. The standard InChI is InChI=1S/C25H29NO4/c1-2-23(27)21-14-18(24(28)10-6-9-19-15-26-11-12-29-19)13-20-22(16-30-25(20)21)17-7-4-3-5-8-17/h3-5,7-8,13-14,19,22,26H,2,6,9-12,15-16H2,1H3/t19-,22?/m1/s1. The van der Waals surface area contributed by atoms with Gasteiger partial charge in [0.2, 0.25) is 0 Å². The van der Waals surface area contributed by atoms with Gasteiger partial charge in [0, 0.05) is 43.0 Å². The molecule has 0 radical (unpaired) electrons. The lowest BCUT2D eigenvalue weighted by Crippen LogP contribution is -2.38. The summed E-state index contributed by atoms with van der Waals surface area (Å²) in [6.07, 6.45) is 2.66. The first-order chi connectivity index (χ1) is 14.7. The summed E-state index contributed by atoms with van der Waals surface area (Å²) in [6, 6.07) is 13.8. The fraction of sp³-hybridized carbons (Fsp3) is 0.440. The number of ether oxygens (including phenoxy) is 2. The predicted molar refractivity (Wildman–Crippen MR) is 116 cm³/mol. The van der Waals surface area contributed by atoms with E-state index >= 15 is 0 Å². The molecule has 1 N–H and O–H groups in total. The molecule has 2 heterocycles. The number of ketones is 2. The van der Waals surface area contributed by atoms with Crippen LogP contribution in [0.3, 0.4) is 0 Å². The number of hydrogen-bond acceptors (Lipinski definition) is 5. The van der Waals surface area contributed by atoms with Crippen LogP contribution >= 0.6 is 0 Å². The lowest BCUT2D eigenvalue weighted by molar-refractivity contribution is 0.0222. The highest BCUT2D eigenvalue weighted by Crippen LogP contribution is 2.42. The number of morpholine rings is 1. The van der Waals surface area contributed by atoms with Gasteiger partial charge in [-0.3, -0.25) is 9.59 Å². The smallest absolute Gasteiger partial charge is 0.166 e. The highest BCUT2D eigenvalue weighted by molar-refractivity contribution is 6.04. The zero-order chi connectivity index (χ0) is 20.9. The van der Waals surface area contributed by atoms with Gasteiger partial charge in [-0.05, 0) is 30.5 Å². The van der Waals surface area contributed by atoms with Gasteiger partial charge in [-0.25, -0.2) is 0 Å². The first kappa shape index (κ1) is 20.8. The molecule has 1 saturated heterocycles. The van der Waals surface area contributed by atoms with Crippen molar-refractivity contribution < 1.29 is 19.1 Å². The highest BCUT2D eigenvalue weighted by Gasteiger charge is 2.31. The van der Waals surface area contributed by atoms with Crippen molar-refractivity contribution in [3.05, 3.63) is 64.7 Å². The quantitative estimate of drug-likeness (QED) is 0.666. The van der Waals surface area contributed by atoms with E-state index in [0.717, 1.165) is 43.7 Å². The Balaban J connectivity index is 1.55. The van der Waals surface area contributed by atoms with Gasteiger partial charge >= 0.3 is 0 Å². The van der Waals surface area contributed by atoms with Gasteiger partial charge in [-0.15, -0.1) is 0 Å². The van der Waals surface area contributed by atoms with Crippen LogP contribution < -0.4 is 10.1 Å². The van der Waals surface area contributed by atoms with Crippen molar-refractivity contribution in [1.82, 2.24) is 5.32 Å². The third-order valence-corrected chi connectivity index (χ3v) is 5.97. The Kier molecular flexibility index (Phi) is 6.60. The van der Waals surface area contributed by atoms with Crippen LogP contribution in [0.1, 0.15) is 70.4 Å². The van der Waals surface area contributed by atoms with Crippen LogP contribution in [0.15, 0.2) is 42.5 Å². The fourth-order valence-electron chi connectivity index (χ4n) is 4.29. The van der Waals surface area contributed by atoms with Gasteiger partial charge in [-0.1, -0.05) is 37.3 Å². The Morgan fingerprint density at radius 1 is 1.13 bits per heavy atom. The molecule has 1 unspecified atom stereocenters. The molecule has 158 valence electrons. The molecule has 5 heteroatoms. The molecule has 2 aromatic carbocycles. The summed E-state index contributed by atoms with van der Waals surface area (Å²) in [5.74, 6) is 0.773. The summed E-state index contributed by atoms with van der Waals surface area (Å²) >= 11 is 0. The van der Waals surface area contributed by atoms with Gasteiger partial charge in [-0.2, -0.15) is 0 Å². The molecule has 2 atom stereocenters. The summed E-state index contributed by atoms with van der Waals surface area (Å²) in [7, 11) is 0. The van der Waals surface area contributed by atoms with Crippen molar-refractivity contribution in [2.45, 2.75) is 44.6 Å². The largest absolute Gasteiger partial charge is 0.492 e. The Morgan fingerprint density at radius 2 is 1.97 bits per heavy atom. The predicted octanol–water partition coefficient (Wildman–Crippen LogP) is 4.15. The van der Waals surface area contributed by atoms with Crippen molar-refractivity contribution in [2.75, 3.05) is 26.3 Å². The fourth-order valence-corrected chi connectivity index (χ4v) is 4.29. The van der Waals surface area contributed by atoms with E-state index in [4.69, 9.17) is 9.47 Å². The van der Waals surface area contributed by atoms with E-state index < -0.39 is 0 Å². The van der Waals surface area contributed by atoms with E-state index in [2.05, 4.69) is 17.4 Å². The molecule has 0 amide bonds. The summed E-state index contributed by atoms with van der Waals surface area (Å²) < 4.78 is 11.7. The van der Waals surface area contributed by atoms with Crippen LogP contribution in [0.25, 0.3) is 0 Å². The van der Waals surface area contributed by atoms with Gasteiger partial charge in [0.05, 0.1) is 24.9 Å².